The Morgan fingerprint density at radius 1 is 1.20 bits per heavy atom. The van der Waals surface area contributed by atoms with E-state index in [1.165, 1.54) is 5.56 Å². The molecule has 1 aromatic rings. The number of hydrogen-bond donors (Lipinski definition) is 0. The lowest BCUT2D eigenvalue weighted by Gasteiger charge is -2.10. The number of carbonyl (C=O) groups is 1. The van der Waals surface area contributed by atoms with Crippen molar-refractivity contribution in [1.29, 1.82) is 0 Å². The summed E-state index contributed by atoms with van der Waals surface area (Å²) in [7, 11) is 0. The summed E-state index contributed by atoms with van der Waals surface area (Å²) in [6.07, 6.45) is 0. The van der Waals surface area contributed by atoms with Crippen LogP contribution in [0.2, 0.25) is 0 Å². The largest absolute Gasteiger partial charge is 0.294 e. The molecule has 0 atom stereocenters. The van der Waals surface area contributed by atoms with Gasteiger partial charge in [-0.25, -0.2) is 0 Å². The van der Waals surface area contributed by atoms with E-state index < -0.39 is 0 Å². The molecule has 1 nitrogen and oxygen atoms in total. The molecular formula is C13H17BrO. The molecule has 0 unspecified atom stereocenters. The zero-order valence-corrected chi connectivity index (χ0v) is 11.3. The zero-order valence-electron chi connectivity index (χ0n) is 9.67. The third-order valence-electron chi connectivity index (χ3n) is 2.45. The number of hydrogen-bond acceptors (Lipinski definition) is 1. The molecular weight excluding hydrogens is 252 g/mol. The number of rotatable bonds is 3. The third-order valence-corrected chi connectivity index (χ3v) is 3.11. The molecule has 0 radical (unpaired) electrons. The Hall–Kier alpha value is -0.630. The van der Waals surface area contributed by atoms with Crippen molar-refractivity contribution in [1.82, 2.24) is 0 Å². The lowest BCUT2D eigenvalue weighted by atomic mass is 9.97. The fourth-order valence-corrected chi connectivity index (χ4v) is 1.99. The van der Waals surface area contributed by atoms with Crippen molar-refractivity contribution in [2.45, 2.75) is 33.6 Å². The van der Waals surface area contributed by atoms with Crippen LogP contribution in [0.15, 0.2) is 22.7 Å². The minimum Gasteiger partial charge on any atom is -0.294 e. The predicted molar refractivity (Wildman–Crippen MR) is 67.4 cm³/mol. The Kier molecular flexibility index (Phi) is 4.09. The summed E-state index contributed by atoms with van der Waals surface area (Å²) in [6.45, 7) is 8.13. The highest BCUT2D eigenvalue weighted by atomic mass is 79.9. The van der Waals surface area contributed by atoms with E-state index in [1.807, 2.05) is 32.0 Å². The first-order valence-electron chi connectivity index (χ1n) is 5.27. The summed E-state index contributed by atoms with van der Waals surface area (Å²) >= 11 is 3.46. The molecule has 1 aromatic carbocycles. The van der Waals surface area contributed by atoms with Crippen LogP contribution >= 0.6 is 15.9 Å². The SMILES string of the molecule is CC(C)C(=O)c1ccc(C(C)C)cc1Br. The van der Waals surface area contributed by atoms with Gasteiger partial charge in [0.05, 0.1) is 0 Å². The van der Waals surface area contributed by atoms with Crippen molar-refractivity contribution in [2.24, 2.45) is 5.92 Å². The van der Waals surface area contributed by atoms with E-state index in [0.29, 0.717) is 5.92 Å². The van der Waals surface area contributed by atoms with Gasteiger partial charge in [-0.2, -0.15) is 0 Å². The monoisotopic (exact) mass is 268 g/mol. The van der Waals surface area contributed by atoms with E-state index in [0.717, 1.165) is 10.0 Å². The minimum absolute atomic E-state index is 0.0474. The quantitative estimate of drug-likeness (QED) is 0.743. The molecule has 15 heavy (non-hydrogen) atoms. The van der Waals surface area contributed by atoms with Gasteiger partial charge in [0.1, 0.15) is 0 Å². The first-order valence-corrected chi connectivity index (χ1v) is 6.06. The number of ketones is 1. The van der Waals surface area contributed by atoms with E-state index in [2.05, 4.69) is 29.8 Å². The van der Waals surface area contributed by atoms with Crippen LogP contribution in [0.4, 0.5) is 0 Å². The number of halogens is 1. The van der Waals surface area contributed by atoms with Crippen LogP contribution < -0.4 is 0 Å². The van der Waals surface area contributed by atoms with Crippen molar-refractivity contribution in [3.05, 3.63) is 33.8 Å². The van der Waals surface area contributed by atoms with Gasteiger partial charge in [-0.15, -0.1) is 0 Å². The van der Waals surface area contributed by atoms with Gasteiger partial charge >= 0.3 is 0 Å². The van der Waals surface area contributed by atoms with Crippen molar-refractivity contribution in [2.75, 3.05) is 0 Å². The Labute approximate surface area is 100 Å². The van der Waals surface area contributed by atoms with Gasteiger partial charge < -0.3 is 0 Å². The highest BCUT2D eigenvalue weighted by Gasteiger charge is 2.14. The predicted octanol–water partition coefficient (Wildman–Crippen LogP) is 4.41. The zero-order chi connectivity index (χ0) is 11.6. The molecule has 0 bridgehead atoms. The topological polar surface area (TPSA) is 17.1 Å². The van der Waals surface area contributed by atoms with Crippen LogP contribution in [-0.4, -0.2) is 5.78 Å². The molecule has 0 saturated carbocycles. The molecule has 0 aliphatic heterocycles. The normalized spacial score (nSPS) is 11.1. The molecule has 0 aromatic heterocycles. The van der Waals surface area contributed by atoms with Crippen molar-refractivity contribution in [3.63, 3.8) is 0 Å². The summed E-state index contributed by atoms with van der Waals surface area (Å²) in [5.74, 6) is 0.730. The van der Waals surface area contributed by atoms with Crippen LogP contribution in [0.3, 0.4) is 0 Å². The molecule has 0 N–H and O–H groups in total. The summed E-state index contributed by atoms with van der Waals surface area (Å²) in [5.41, 5.74) is 2.04. The first-order chi connectivity index (χ1) is 6.93. The van der Waals surface area contributed by atoms with Crippen molar-refractivity contribution >= 4 is 21.7 Å². The fraction of sp³-hybridized carbons (Fsp3) is 0.462. The molecule has 0 fully saturated rings. The summed E-state index contributed by atoms with van der Waals surface area (Å²) in [4.78, 5) is 11.8. The third kappa shape index (κ3) is 2.91. The van der Waals surface area contributed by atoms with Crippen LogP contribution in [-0.2, 0) is 0 Å². The van der Waals surface area contributed by atoms with Gasteiger partial charge in [-0.1, -0.05) is 49.7 Å². The summed E-state index contributed by atoms with van der Waals surface area (Å²) in [6, 6.07) is 5.99. The van der Waals surface area contributed by atoms with Gasteiger partial charge in [-0.05, 0) is 23.6 Å². The van der Waals surface area contributed by atoms with E-state index in [4.69, 9.17) is 0 Å². The minimum atomic E-state index is 0.0474. The number of benzene rings is 1. The Morgan fingerprint density at radius 3 is 2.20 bits per heavy atom. The van der Waals surface area contributed by atoms with Crippen molar-refractivity contribution in [3.8, 4) is 0 Å². The summed E-state index contributed by atoms with van der Waals surface area (Å²) < 4.78 is 0.910. The average molecular weight is 269 g/mol. The average Bonchev–Trinajstić information content (AvgIpc) is 2.16. The van der Waals surface area contributed by atoms with Crippen LogP contribution in [0, 0.1) is 5.92 Å². The van der Waals surface area contributed by atoms with Gasteiger partial charge in [0.2, 0.25) is 0 Å². The molecule has 2 heteroatoms. The first kappa shape index (κ1) is 12.4. The Morgan fingerprint density at radius 2 is 1.80 bits per heavy atom. The van der Waals surface area contributed by atoms with Gasteiger partial charge in [0.15, 0.2) is 5.78 Å². The Balaban J connectivity index is 3.08. The van der Waals surface area contributed by atoms with Crippen LogP contribution in [0.25, 0.3) is 0 Å². The molecule has 0 amide bonds. The lowest BCUT2D eigenvalue weighted by Crippen LogP contribution is -2.08. The maximum Gasteiger partial charge on any atom is 0.166 e. The Bertz CT molecular complexity index is 367. The maximum absolute atomic E-state index is 11.8. The van der Waals surface area contributed by atoms with Crippen LogP contribution in [0.5, 0.6) is 0 Å². The van der Waals surface area contributed by atoms with E-state index in [-0.39, 0.29) is 11.7 Å². The van der Waals surface area contributed by atoms with E-state index >= 15 is 0 Å². The molecule has 0 spiro atoms. The second-order valence-electron chi connectivity index (χ2n) is 4.41. The van der Waals surface area contributed by atoms with Crippen molar-refractivity contribution < 1.29 is 4.79 Å². The molecule has 0 saturated heterocycles. The van der Waals surface area contributed by atoms with Gasteiger partial charge in [0.25, 0.3) is 0 Å². The molecule has 82 valence electrons. The summed E-state index contributed by atoms with van der Waals surface area (Å²) in [5, 5.41) is 0. The second-order valence-corrected chi connectivity index (χ2v) is 5.27. The number of Topliss-reactive ketones (excluding diaryl/α,β-unsaturated/α-hetero) is 1. The molecule has 0 aliphatic rings. The highest BCUT2D eigenvalue weighted by Crippen LogP contribution is 2.25. The lowest BCUT2D eigenvalue weighted by molar-refractivity contribution is 0.0938. The fourth-order valence-electron chi connectivity index (χ4n) is 1.40. The molecule has 1 rings (SSSR count). The standard InChI is InChI=1S/C13H17BrO/c1-8(2)10-5-6-11(12(14)7-10)13(15)9(3)4/h5-9H,1-4H3. The maximum atomic E-state index is 11.8. The highest BCUT2D eigenvalue weighted by molar-refractivity contribution is 9.10. The van der Waals surface area contributed by atoms with E-state index in [1.54, 1.807) is 0 Å². The second kappa shape index (κ2) is 4.93. The van der Waals surface area contributed by atoms with Crippen LogP contribution in [0.1, 0.15) is 49.5 Å². The molecule has 0 heterocycles. The number of carbonyl (C=O) groups excluding carboxylic acids is 1. The van der Waals surface area contributed by atoms with Gasteiger partial charge in [0, 0.05) is 16.0 Å². The van der Waals surface area contributed by atoms with E-state index in [9.17, 15) is 4.79 Å². The molecule has 0 aliphatic carbocycles. The van der Waals surface area contributed by atoms with Gasteiger partial charge in [-0.3, -0.25) is 4.79 Å². The smallest absolute Gasteiger partial charge is 0.166 e.